The fourth-order valence-electron chi connectivity index (χ4n) is 3.54. The van der Waals surface area contributed by atoms with Crippen LogP contribution in [0.25, 0.3) is 0 Å². The second-order valence-corrected chi connectivity index (χ2v) is 5.77. The van der Waals surface area contributed by atoms with Crippen molar-refractivity contribution in [2.75, 3.05) is 0 Å². The highest BCUT2D eigenvalue weighted by atomic mass is 16.3. The average Bonchev–Trinajstić information content (AvgIpc) is 2.87. The molecule has 0 saturated heterocycles. The van der Waals surface area contributed by atoms with Gasteiger partial charge in [0.1, 0.15) is 6.10 Å². The first kappa shape index (κ1) is 12.6. The van der Waals surface area contributed by atoms with Gasteiger partial charge in [-0.25, -0.2) is 0 Å². The molecule has 2 rings (SSSR count). The van der Waals surface area contributed by atoms with E-state index in [-0.39, 0.29) is 11.2 Å². The molecule has 2 nitrogen and oxygen atoms in total. The van der Waals surface area contributed by atoms with Crippen LogP contribution in [0.2, 0.25) is 0 Å². The lowest BCUT2D eigenvalue weighted by molar-refractivity contribution is -0.127. The Morgan fingerprint density at radius 2 is 2.18 bits per heavy atom. The maximum absolute atomic E-state index is 12.1. The average molecular weight is 234 g/mol. The maximum atomic E-state index is 12.1. The Labute approximate surface area is 103 Å². The summed E-state index contributed by atoms with van der Waals surface area (Å²) >= 11 is 0. The van der Waals surface area contributed by atoms with Gasteiger partial charge in [0, 0.05) is 6.42 Å². The lowest BCUT2D eigenvalue weighted by atomic mass is 9.78. The summed E-state index contributed by atoms with van der Waals surface area (Å²) in [5.41, 5.74) is 0.736. The number of hydrogen-bond donors (Lipinski definition) is 1. The Hall–Kier alpha value is -0.890. The number of fused-ring (bicyclic) bond motifs is 2. The minimum Gasteiger partial charge on any atom is -0.381 e. The first-order valence-electron chi connectivity index (χ1n) is 6.59. The van der Waals surface area contributed by atoms with Gasteiger partial charge >= 0.3 is 0 Å². The van der Waals surface area contributed by atoms with Crippen LogP contribution in [0.3, 0.4) is 0 Å². The molecule has 1 N–H and O–H groups in total. The summed E-state index contributed by atoms with van der Waals surface area (Å²) in [6.07, 6.45) is 9.16. The first-order chi connectivity index (χ1) is 8.06. The molecule has 2 aliphatic rings. The Morgan fingerprint density at radius 1 is 1.53 bits per heavy atom. The van der Waals surface area contributed by atoms with Crippen molar-refractivity contribution in [3.05, 3.63) is 24.3 Å². The van der Waals surface area contributed by atoms with Crippen molar-refractivity contribution < 1.29 is 9.90 Å². The zero-order chi connectivity index (χ0) is 12.5. The van der Waals surface area contributed by atoms with Crippen molar-refractivity contribution in [2.24, 2.45) is 11.3 Å². The van der Waals surface area contributed by atoms with E-state index in [0.29, 0.717) is 12.0 Å². The zero-order valence-corrected chi connectivity index (χ0v) is 10.6. The van der Waals surface area contributed by atoms with Crippen LogP contribution in [0.5, 0.6) is 0 Å². The summed E-state index contributed by atoms with van der Waals surface area (Å²) in [5.74, 6) is 0.800. The first-order valence-corrected chi connectivity index (χ1v) is 6.59. The van der Waals surface area contributed by atoms with Crippen molar-refractivity contribution in [1.82, 2.24) is 0 Å². The largest absolute Gasteiger partial charge is 0.381 e. The highest BCUT2D eigenvalue weighted by Gasteiger charge is 2.46. The van der Waals surface area contributed by atoms with Crippen LogP contribution in [0.1, 0.15) is 45.4 Å². The molecule has 0 aromatic rings. The number of Topliss-reactive ketones (excluding diaryl/α,β-unsaturated/α-hetero) is 1. The summed E-state index contributed by atoms with van der Waals surface area (Å²) in [4.78, 5) is 12.1. The molecule has 0 spiro atoms. The molecule has 0 amide bonds. The molecule has 1 atom stereocenters. The maximum Gasteiger partial charge on any atom is 0.166 e. The molecule has 2 fully saturated rings. The van der Waals surface area contributed by atoms with Gasteiger partial charge in [-0.05, 0) is 55.9 Å². The Morgan fingerprint density at radius 3 is 2.65 bits per heavy atom. The topological polar surface area (TPSA) is 37.3 Å². The summed E-state index contributed by atoms with van der Waals surface area (Å²) in [6.45, 7) is 5.60. The Bertz CT molecular complexity index is 346. The van der Waals surface area contributed by atoms with E-state index in [2.05, 4.69) is 6.58 Å². The number of aliphatic hydroxyl groups excluding tert-OH is 1. The second-order valence-electron chi connectivity index (χ2n) is 5.77. The van der Waals surface area contributed by atoms with Gasteiger partial charge in [0.25, 0.3) is 0 Å². The van der Waals surface area contributed by atoms with Crippen LogP contribution < -0.4 is 0 Å². The van der Waals surface area contributed by atoms with Crippen LogP contribution >= 0.6 is 0 Å². The van der Waals surface area contributed by atoms with Crippen LogP contribution in [-0.2, 0) is 4.79 Å². The van der Waals surface area contributed by atoms with E-state index < -0.39 is 6.10 Å². The summed E-state index contributed by atoms with van der Waals surface area (Å²) in [7, 11) is 0. The molecular weight excluding hydrogens is 212 g/mol. The van der Waals surface area contributed by atoms with Crippen LogP contribution in [0.15, 0.2) is 24.3 Å². The molecule has 2 saturated carbocycles. The van der Waals surface area contributed by atoms with E-state index in [1.54, 1.807) is 12.2 Å². The third-order valence-corrected chi connectivity index (χ3v) is 4.47. The highest BCUT2D eigenvalue weighted by Crippen LogP contribution is 2.56. The van der Waals surface area contributed by atoms with E-state index in [1.807, 2.05) is 6.92 Å². The molecule has 17 heavy (non-hydrogen) atoms. The molecule has 0 radical (unpaired) electrons. The van der Waals surface area contributed by atoms with E-state index >= 15 is 0 Å². The summed E-state index contributed by atoms with van der Waals surface area (Å²) < 4.78 is 0. The van der Waals surface area contributed by atoms with E-state index in [1.165, 1.54) is 32.1 Å². The predicted octanol–water partition coefficient (Wildman–Crippen LogP) is 3.02. The molecule has 2 bridgehead atoms. The smallest absolute Gasteiger partial charge is 0.166 e. The molecular formula is C15H22O2. The van der Waals surface area contributed by atoms with Crippen LogP contribution in [-0.4, -0.2) is 17.0 Å². The SMILES string of the molecule is C=C(/C=C\C)C(O)C(=O)CC12CCC(CC1)C2. The predicted molar refractivity (Wildman–Crippen MR) is 68.6 cm³/mol. The van der Waals surface area contributed by atoms with Gasteiger partial charge < -0.3 is 5.11 Å². The molecule has 0 heterocycles. The Balaban J connectivity index is 1.95. The lowest BCUT2D eigenvalue weighted by Gasteiger charge is -2.26. The third kappa shape index (κ3) is 2.52. The number of aliphatic hydroxyl groups is 1. The standard InChI is InChI=1S/C15H22O2/c1-3-4-11(2)14(17)13(16)10-15-7-5-12(9-15)6-8-15/h3-4,12,14,17H,2,5-10H2,1H3/b4-3-. The minimum absolute atomic E-state index is 0.0457. The van der Waals surface area contributed by atoms with E-state index in [9.17, 15) is 9.90 Å². The zero-order valence-electron chi connectivity index (χ0n) is 10.6. The lowest BCUT2D eigenvalue weighted by Crippen LogP contribution is -2.28. The van der Waals surface area contributed by atoms with Gasteiger partial charge in [-0.3, -0.25) is 4.79 Å². The van der Waals surface area contributed by atoms with Crippen molar-refractivity contribution in [2.45, 2.75) is 51.6 Å². The van der Waals surface area contributed by atoms with Gasteiger partial charge in [0.05, 0.1) is 0 Å². The number of rotatable bonds is 5. The van der Waals surface area contributed by atoms with Crippen molar-refractivity contribution >= 4 is 5.78 Å². The van der Waals surface area contributed by atoms with Crippen molar-refractivity contribution in [3.63, 3.8) is 0 Å². The number of allylic oxidation sites excluding steroid dienone is 1. The molecule has 0 aromatic carbocycles. The fraction of sp³-hybridized carbons (Fsp3) is 0.667. The van der Waals surface area contributed by atoms with Gasteiger partial charge in [-0.2, -0.15) is 0 Å². The van der Waals surface area contributed by atoms with Gasteiger partial charge in [0.15, 0.2) is 5.78 Å². The minimum atomic E-state index is -1.000. The summed E-state index contributed by atoms with van der Waals surface area (Å²) in [5, 5.41) is 9.90. The van der Waals surface area contributed by atoms with Crippen molar-refractivity contribution in [1.29, 1.82) is 0 Å². The fourth-order valence-corrected chi connectivity index (χ4v) is 3.54. The second kappa shape index (κ2) is 4.77. The normalized spacial score (nSPS) is 33.2. The number of carbonyl (C=O) groups is 1. The van der Waals surface area contributed by atoms with Gasteiger partial charge in [-0.15, -0.1) is 0 Å². The van der Waals surface area contributed by atoms with Crippen LogP contribution in [0, 0.1) is 11.3 Å². The number of ketones is 1. The Kier molecular flexibility index (Phi) is 3.53. The van der Waals surface area contributed by atoms with Crippen LogP contribution in [0.4, 0.5) is 0 Å². The number of hydrogen-bond acceptors (Lipinski definition) is 2. The molecule has 2 aliphatic carbocycles. The van der Waals surface area contributed by atoms with Crippen molar-refractivity contribution in [3.8, 4) is 0 Å². The molecule has 0 aliphatic heterocycles. The molecule has 0 aromatic heterocycles. The number of carbonyl (C=O) groups excluding carboxylic acids is 1. The van der Waals surface area contributed by atoms with Gasteiger partial charge in [-0.1, -0.05) is 18.7 Å². The highest BCUT2D eigenvalue weighted by molar-refractivity contribution is 5.86. The van der Waals surface area contributed by atoms with E-state index in [4.69, 9.17) is 0 Å². The third-order valence-electron chi connectivity index (χ3n) is 4.47. The summed E-state index contributed by atoms with van der Waals surface area (Å²) in [6, 6.07) is 0. The van der Waals surface area contributed by atoms with Gasteiger partial charge in [0.2, 0.25) is 0 Å². The monoisotopic (exact) mass is 234 g/mol. The molecule has 2 heteroatoms. The molecule has 1 unspecified atom stereocenters. The molecule has 94 valence electrons. The quantitative estimate of drug-likeness (QED) is 0.742. The van der Waals surface area contributed by atoms with E-state index in [0.717, 1.165) is 5.92 Å².